The lowest BCUT2D eigenvalue weighted by atomic mass is 10.2. The first kappa shape index (κ1) is 24.7. The summed E-state index contributed by atoms with van der Waals surface area (Å²) >= 11 is 0. The molecule has 7 heteroatoms. The van der Waals surface area contributed by atoms with Crippen molar-refractivity contribution in [2.75, 3.05) is 46.4 Å². The Labute approximate surface area is 197 Å². The molecule has 0 bridgehead atoms. The molecule has 1 aliphatic heterocycles. The van der Waals surface area contributed by atoms with Crippen molar-refractivity contribution in [3.8, 4) is 0 Å². The molecule has 30 heavy (non-hydrogen) atoms. The Kier molecular flexibility index (Phi) is 11.9. The van der Waals surface area contributed by atoms with E-state index < -0.39 is 0 Å². The van der Waals surface area contributed by atoms with Gasteiger partial charge in [0.05, 0.1) is 18.9 Å². The highest BCUT2D eigenvalue weighted by atomic mass is 127. The fourth-order valence-electron chi connectivity index (χ4n) is 3.68. The number of guanidine groups is 1. The quantitative estimate of drug-likeness (QED) is 0.202. The van der Waals surface area contributed by atoms with Crippen molar-refractivity contribution in [1.82, 2.24) is 15.5 Å². The number of aliphatic imine (C=N–C) groups is 1. The minimum atomic E-state index is 0. The Morgan fingerprint density at radius 1 is 1.10 bits per heavy atom. The zero-order chi connectivity index (χ0) is 20.2. The molecule has 1 atom stereocenters. The maximum Gasteiger partial charge on any atom is 0.191 e. The van der Waals surface area contributed by atoms with Crippen LogP contribution in [0.2, 0.25) is 0 Å². The van der Waals surface area contributed by atoms with Crippen LogP contribution < -0.4 is 10.6 Å². The average Bonchev–Trinajstić information content (AvgIpc) is 3.47. The third kappa shape index (κ3) is 8.28. The molecule has 2 N–H and O–H groups in total. The van der Waals surface area contributed by atoms with Gasteiger partial charge in [0.25, 0.3) is 0 Å². The summed E-state index contributed by atoms with van der Waals surface area (Å²) in [5.41, 5.74) is 1.32. The molecule has 1 unspecified atom stereocenters. The van der Waals surface area contributed by atoms with Gasteiger partial charge in [-0.1, -0.05) is 30.3 Å². The smallest absolute Gasteiger partial charge is 0.191 e. The molecule has 0 radical (unpaired) electrons. The number of benzene rings is 1. The molecule has 2 heterocycles. The van der Waals surface area contributed by atoms with Crippen LogP contribution in [0.1, 0.15) is 36.6 Å². The minimum Gasteiger partial charge on any atom is -0.468 e. The number of ether oxygens (including phenoxy) is 1. The number of furan rings is 1. The van der Waals surface area contributed by atoms with Crippen molar-refractivity contribution < 1.29 is 9.15 Å². The third-order valence-electron chi connectivity index (χ3n) is 5.28. The molecule has 1 saturated heterocycles. The predicted molar refractivity (Wildman–Crippen MR) is 133 cm³/mol. The minimum absolute atomic E-state index is 0. The van der Waals surface area contributed by atoms with Crippen molar-refractivity contribution >= 4 is 29.9 Å². The maximum absolute atomic E-state index is 5.75. The van der Waals surface area contributed by atoms with Crippen molar-refractivity contribution in [3.63, 3.8) is 0 Å². The molecule has 6 nitrogen and oxygen atoms in total. The van der Waals surface area contributed by atoms with Gasteiger partial charge in [0.2, 0.25) is 0 Å². The SMILES string of the molecule is CN=C(NCCCOCCc1ccccc1)NCC(c1ccco1)N1CCCC1.I. The summed E-state index contributed by atoms with van der Waals surface area (Å²) < 4.78 is 11.4. The van der Waals surface area contributed by atoms with Gasteiger partial charge in [-0.05, 0) is 56.5 Å². The van der Waals surface area contributed by atoms with Crippen molar-refractivity contribution in [2.45, 2.75) is 31.7 Å². The van der Waals surface area contributed by atoms with Crippen LogP contribution in [0.5, 0.6) is 0 Å². The van der Waals surface area contributed by atoms with E-state index in [1.807, 2.05) is 19.2 Å². The lowest BCUT2D eigenvalue weighted by Crippen LogP contribution is -2.43. The second-order valence-electron chi connectivity index (χ2n) is 7.36. The second kappa shape index (κ2) is 14.4. The van der Waals surface area contributed by atoms with Gasteiger partial charge in [-0.3, -0.25) is 9.89 Å². The zero-order valence-electron chi connectivity index (χ0n) is 17.9. The van der Waals surface area contributed by atoms with Gasteiger partial charge in [0, 0.05) is 26.7 Å². The van der Waals surface area contributed by atoms with E-state index in [0.29, 0.717) is 0 Å². The molecule has 0 amide bonds. The van der Waals surface area contributed by atoms with E-state index >= 15 is 0 Å². The van der Waals surface area contributed by atoms with E-state index in [4.69, 9.17) is 9.15 Å². The van der Waals surface area contributed by atoms with Crippen LogP contribution in [-0.4, -0.2) is 57.3 Å². The summed E-state index contributed by atoms with van der Waals surface area (Å²) in [5, 5.41) is 6.83. The summed E-state index contributed by atoms with van der Waals surface area (Å²) in [6.07, 6.45) is 6.18. The number of hydrogen-bond donors (Lipinski definition) is 2. The first-order valence-electron chi connectivity index (χ1n) is 10.7. The topological polar surface area (TPSA) is 62.0 Å². The van der Waals surface area contributed by atoms with Gasteiger partial charge in [-0.25, -0.2) is 0 Å². The molecule has 2 aromatic rings. The van der Waals surface area contributed by atoms with Crippen molar-refractivity contribution in [3.05, 3.63) is 60.1 Å². The number of rotatable bonds is 11. The number of nitrogens with one attached hydrogen (secondary N) is 2. The Morgan fingerprint density at radius 3 is 2.60 bits per heavy atom. The first-order valence-corrected chi connectivity index (χ1v) is 10.7. The lowest BCUT2D eigenvalue weighted by molar-refractivity contribution is 0.135. The van der Waals surface area contributed by atoms with E-state index in [1.165, 1.54) is 18.4 Å². The van der Waals surface area contributed by atoms with Crippen LogP contribution in [0, 0.1) is 0 Å². The van der Waals surface area contributed by atoms with Gasteiger partial charge >= 0.3 is 0 Å². The van der Waals surface area contributed by atoms with Crippen LogP contribution in [-0.2, 0) is 11.2 Å². The highest BCUT2D eigenvalue weighted by Crippen LogP contribution is 2.24. The average molecular weight is 526 g/mol. The van der Waals surface area contributed by atoms with Crippen molar-refractivity contribution in [1.29, 1.82) is 0 Å². The van der Waals surface area contributed by atoms with Crippen LogP contribution in [0.3, 0.4) is 0 Å². The molecule has 166 valence electrons. The maximum atomic E-state index is 5.75. The number of hydrogen-bond acceptors (Lipinski definition) is 4. The molecular weight excluding hydrogens is 491 g/mol. The van der Waals surface area contributed by atoms with E-state index in [0.717, 1.165) is 64.0 Å². The largest absolute Gasteiger partial charge is 0.468 e. The van der Waals surface area contributed by atoms with Gasteiger partial charge < -0.3 is 19.8 Å². The Bertz CT molecular complexity index is 703. The van der Waals surface area contributed by atoms with Gasteiger partial charge in [-0.2, -0.15) is 0 Å². The molecule has 0 spiro atoms. The zero-order valence-corrected chi connectivity index (χ0v) is 20.2. The fraction of sp³-hybridized carbons (Fsp3) is 0.522. The Morgan fingerprint density at radius 2 is 1.90 bits per heavy atom. The number of halogens is 1. The van der Waals surface area contributed by atoms with Crippen LogP contribution >= 0.6 is 24.0 Å². The molecular formula is C23H35IN4O2. The van der Waals surface area contributed by atoms with E-state index in [-0.39, 0.29) is 30.0 Å². The summed E-state index contributed by atoms with van der Waals surface area (Å²) in [5.74, 6) is 1.84. The third-order valence-corrected chi connectivity index (χ3v) is 5.28. The molecule has 1 fully saturated rings. The van der Waals surface area contributed by atoms with Gasteiger partial charge in [-0.15, -0.1) is 24.0 Å². The Balaban J connectivity index is 0.00000320. The van der Waals surface area contributed by atoms with Crippen molar-refractivity contribution in [2.24, 2.45) is 4.99 Å². The molecule has 1 aliphatic rings. The number of nitrogens with zero attached hydrogens (tertiary/aromatic N) is 2. The molecule has 0 saturated carbocycles. The molecule has 0 aliphatic carbocycles. The summed E-state index contributed by atoms with van der Waals surface area (Å²) in [6, 6.07) is 14.7. The predicted octanol–water partition coefficient (Wildman–Crippen LogP) is 3.85. The monoisotopic (exact) mass is 526 g/mol. The summed E-state index contributed by atoms with van der Waals surface area (Å²) in [4.78, 5) is 6.83. The van der Waals surface area contributed by atoms with Gasteiger partial charge in [0.1, 0.15) is 5.76 Å². The van der Waals surface area contributed by atoms with E-state index in [1.54, 1.807) is 6.26 Å². The normalized spacial score (nSPS) is 15.6. The summed E-state index contributed by atoms with van der Waals surface area (Å²) in [6.45, 7) is 5.37. The molecule has 3 rings (SSSR count). The summed E-state index contributed by atoms with van der Waals surface area (Å²) in [7, 11) is 1.81. The number of likely N-dealkylation sites (tertiary alicyclic amines) is 1. The fourth-order valence-corrected chi connectivity index (χ4v) is 3.68. The van der Waals surface area contributed by atoms with Crippen LogP contribution in [0.4, 0.5) is 0 Å². The van der Waals surface area contributed by atoms with E-state index in [9.17, 15) is 0 Å². The molecule has 1 aromatic carbocycles. The standard InChI is InChI=1S/C23H34N4O2.HI/c1-24-23(25-13-8-16-28-18-12-20-9-3-2-4-10-20)26-19-21(22-11-7-17-29-22)27-14-5-6-15-27;/h2-4,7,9-11,17,21H,5-6,8,12-16,18-19H2,1H3,(H2,24,25,26);1H. The first-order chi connectivity index (χ1) is 14.4. The second-order valence-corrected chi connectivity index (χ2v) is 7.36. The highest BCUT2D eigenvalue weighted by Gasteiger charge is 2.25. The Hall–Kier alpha value is -1.58. The van der Waals surface area contributed by atoms with Crippen LogP contribution in [0.25, 0.3) is 0 Å². The lowest BCUT2D eigenvalue weighted by Gasteiger charge is -2.26. The highest BCUT2D eigenvalue weighted by molar-refractivity contribution is 14.0. The van der Waals surface area contributed by atoms with E-state index in [2.05, 4.69) is 50.9 Å². The molecule has 1 aromatic heterocycles. The van der Waals surface area contributed by atoms with Crippen LogP contribution in [0.15, 0.2) is 58.1 Å². The van der Waals surface area contributed by atoms with Gasteiger partial charge in [0.15, 0.2) is 5.96 Å².